The van der Waals surface area contributed by atoms with Crippen molar-refractivity contribution in [2.75, 3.05) is 17.7 Å². The van der Waals surface area contributed by atoms with E-state index < -0.39 is 0 Å². The van der Waals surface area contributed by atoms with Gasteiger partial charge >= 0.3 is 0 Å². The molecule has 0 atom stereocenters. The molecule has 0 aromatic heterocycles. The second-order valence-corrected chi connectivity index (χ2v) is 7.83. The molecule has 170 valence electrons. The van der Waals surface area contributed by atoms with E-state index in [0.717, 1.165) is 24.0 Å². The monoisotopic (exact) mass is 461 g/mol. The van der Waals surface area contributed by atoms with Gasteiger partial charge in [0, 0.05) is 23.7 Å². The van der Waals surface area contributed by atoms with Crippen molar-refractivity contribution in [3.05, 3.63) is 78.4 Å². The van der Waals surface area contributed by atoms with Crippen molar-refractivity contribution in [2.45, 2.75) is 26.2 Å². The summed E-state index contributed by atoms with van der Waals surface area (Å²) in [4.78, 5) is 24.6. The molecule has 3 aromatic rings. The molecule has 33 heavy (non-hydrogen) atoms. The summed E-state index contributed by atoms with van der Waals surface area (Å²) in [5.41, 5.74) is 3.82. The van der Waals surface area contributed by atoms with Crippen molar-refractivity contribution in [3.8, 4) is 16.9 Å². The summed E-state index contributed by atoms with van der Waals surface area (Å²) in [5.74, 6) is 0.131. The second-order valence-electron chi connectivity index (χ2n) is 7.42. The zero-order chi connectivity index (χ0) is 23.6. The maximum absolute atomic E-state index is 12.6. The normalized spacial score (nSPS) is 10.2. The van der Waals surface area contributed by atoms with E-state index in [2.05, 4.69) is 16.0 Å². The van der Waals surface area contributed by atoms with Gasteiger partial charge in [0.1, 0.15) is 5.75 Å². The van der Waals surface area contributed by atoms with Gasteiger partial charge in [-0.15, -0.1) is 0 Å². The number of thiocarbonyl (C=S) groups is 1. The van der Waals surface area contributed by atoms with Gasteiger partial charge in [0.25, 0.3) is 5.91 Å². The molecule has 3 aromatic carbocycles. The van der Waals surface area contributed by atoms with E-state index >= 15 is 0 Å². The number of hydrogen-bond acceptors (Lipinski definition) is 4. The third-order valence-corrected chi connectivity index (χ3v) is 5.18. The van der Waals surface area contributed by atoms with Gasteiger partial charge in [0.2, 0.25) is 5.91 Å². The smallest absolute Gasteiger partial charge is 0.257 e. The maximum atomic E-state index is 12.6. The number of carbonyl (C=O) groups is 2. The third-order valence-electron chi connectivity index (χ3n) is 4.97. The summed E-state index contributed by atoms with van der Waals surface area (Å²) in [5, 5.41) is 8.67. The van der Waals surface area contributed by atoms with Crippen LogP contribution in [0.1, 0.15) is 36.5 Å². The highest BCUT2D eigenvalue weighted by molar-refractivity contribution is 7.80. The van der Waals surface area contributed by atoms with E-state index in [4.69, 9.17) is 17.0 Å². The molecule has 2 amide bonds. The molecule has 0 bridgehead atoms. The summed E-state index contributed by atoms with van der Waals surface area (Å²) in [7, 11) is 1.53. The van der Waals surface area contributed by atoms with E-state index in [-0.39, 0.29) is 16.9 Å². The van der Waals surface area contributed by atoms with Gasteiger partial charge in [-0.2, -0.15) is 0 Å². The summed E-state index contributed by atoms with van der Waals surface area (Å²) in [6.07, 6.45) is 2.24. The molecular weight excluding hydrogens is 434 g/mol. The standard InChI is InChI=1S/C26H27N3O3S/c1-3-4-10-24(30)28-22-16-15-21(17-23(22)32-2)27-26(33)29-25(31)20-13-11-19(12-14-20)18-8-6-5-7-9-18/h5-9,11-17H,3-4,10H2,1-2H3,(H,28,30)(H2,27,29,31,33). The SMILES string of the molecule is CCCCC(=O)Nc1ccc(NC(=S)NC(=O)c2ccc(-c3ccccc3)cc2)cc1OC. The lowest BCUT2D eigenvalue weighted by Gasteiger charge is -2.14. The van der Waals surface area contributed by atoms with E-state index in [1.54, 1.807) is 30.3 Å². The predicted molar refractivity (Wildman–Crippen MR) is 137 cm³/mol. The number of carbonyl (C=O) groups excluding carboxylic acids is 2. The van der Waals surface area contributed by atoms with Crippen molar-refractivity contribution >= 4 is 40.5 Å². The zero-order valence-electron chi connectivity index (χ0n) is 18.7. The van der Waals surface area contributed by atoms with Crippen molar-refractivity contribution in [1.82, 2.24) is 5.32 Å². The average molecular weight is 462 g/mol. The molecule has 0 fully saturated rings. The Balaban J connectivity index is 1.59. The number of nitrogens with one attached hydrogen (secondary N) is 3. The highest BCUT2D eigenvalue weighted by atomic mass is 32.1. The first-order chi connectivity index (χ1) is 16.0. The summed E-state index contributed by atoms with van der Waals surface area (Å²) in [6, 6.07) is 22.5. The summed E-state index contributed by atoms with van der Waals surface area (Å²) in [6.45, 7) is 2.04. The first-order valence-corrected chi connectivity index (χ1v) is 11.2. The van der Waals surface area contributed by atoms with Crippen LogP contribution < -0.4 is 20.7 Å². The zero-order valence-corrected chi connectivity index (χ0v) is 19.5. The van der Waals surface area contributed by atoms with Crippen molar-refractivity contribution < 1.29 is 14.3 Å². The van der Waals surface area contributed by atoms with Crippen LogP contribution in [0.4, 0.5) is 11.4 Å². The Hall–Kier alpha value is -3.71. The minimum absolute atomic E-state index is 0.0584. The molecule has 0 aliphatic rings. The van der Waals surface area contributed by atoms with Gasteiger partial charge < -0.3 is 15.4 Å². The van der Waals surface area contributed by atoms with Crippen LogP contribution in [-0.4, -0.2) is 24.0 Å². The lowest BCUT2D eigenvalue weighted by Crippen LogP contribution is -2.34. The highest BCUT2D eigenvalue weighted by Gasteiger charge is 2.11. The fourth-order valence-electron chi connectivity index (χ4n) is 3.20. The molecule has 7 heteroatoms. The molecule has 0 spiro atoms. The number of unbranched alkanes of at least 4 members (excludes halogenated alkanes) is 1. The van der Waals surface area contributed by atoms with Gasteiger partial charge in [-0.25, -0.2) is 0 Å². The molecular formula is C26H27N3O3S. The number of rotatable bonds is 8. The molecule has 0 aliphatic carbocycles. The lowest BCUT2D eigenvalue weighted by atomic mass is 10.0. The highest BCUT2D eigenvalue weighted by Crippen LogP contribution is 2.28. The number of anilines is 2. The van der Waals surface area contributed by atoms with E-state index in [9.17, 15) is 9.59 Å². The Labute approximate surface area is 199 Å². The molecule has 0 aliphatic heterocycles. The minimum atomic E-state index is -0.307. The van der Waals surface area contributed by atoms with Crippen LogP contribution in [0.25, 0.3) is 11.1 Å². The molecule has 0 radical (unpaired) electrons. The fraction of sp³-hybridized carbons (Fsp3) is 0.192. The van der Waals surface area contributed by atoms with Crippen molar-refractivity contribution in [3.63, 3.8) is 0 Å². The first kappa shape index (κ1) is 23.9. The van der Waals surface area contributed by atoms with Crippen LogP contribution in [0.2, 0.25) is 0 Å². The minimum Gasteiger partial charge on any atom is -0.494 e. The van der Waals surface area contributed by atoms with Gasteiger partial charge in [-0.1, -0.05) is 55.8 Å². The first-order valence-electron chi connectivity index (χ1n) is 10.8. The molecule has 0 unspecified atom stereocenters. The summed E-state index contributed by atoms with van der Waals surface area (Å²) < 4.78 is 5.39. The Morgan fingerprint density at radius 1 is 0.909 bits per heavy atom. The Kier molecular flexibility index (Phi) is 8.55. The molecule has 0 saturated carbocycles. The Morgan fingerprint density at radius 3 is 2.27 bits per heavy atom. The molecule has 3 N–H and O–H groups in total. The van der Waals surface area contributed by atoms with Gasteiger partial charge in [-0.3, -0.25) is 14.9 Å². The number of hydrogen-bond donors (Lipinski definition) is 3. The maximum Gasteiger partial charge on any atom is 0.257 e. The third kappa shape index (κ3) is 6.89. The Morgan fingerprint density at radius 2 is 1.61 bits per heavy atom. The number of ether oxygens (including phenoxy) is 1. The van der Waals surface area contributed by atoms with Gasteiger partial charge in [0.05, 0.1) is 12.8 Å². The van der Waals surface area contributed by atoms with E-state index in [1.807, 2.05) is 49.4 Å². The van der Waals surface area contributed by atoms with E-state index in [1.165, 1.54) is 7.11 Å². The lowest BCUT2D eigenvalue weighted by molar-refractivity contribution is -0.116. The summed E-state index contributed by atoms with van der Waals surface area (Å²) >= 11 is 5.29. The number of methoxy groups -OCH3 is 1. The molecule has 0 saturated heterocycles. The van der Waals surface area contributed by atoms with Gasteiger partial charge in [0.15, 0.2) is 5.11 Å². The average Bonchev–Trinajstić information content (AvgIpc) is 2.84. The van der Waals surface area contributed by atoms with Crippen LogP contribution in [0.15, 0.2) is 72.8 Å². The van der Waals surface area contributed by atoms with Crippen LogP contribution >= 0.6 is 12.2 Å². The molecule has 3 rings (SSSR count). The van der Waals surface area contributed by atoms with E-state index in [0.29, 0.717) is 29.1 Å². The van der Waals surface area contributed by atoms with Gasteiger partial charge in [-0.05, 0) is 54.0 Å². The van der Waals surface area contributed by atoms with Crippen LogP contribution in [0, 0.1) is 0 Å². The quantitative estimate of drug-likeness (QED) is 0.380. The predicted octanol–water partition coefficient (Wildman–Crippen LogP) is 5.62. The topological polar surface area (TPSA) is 79.5 Å². The number of amides is 2. The fourth-order valence-corrected chi connectivity index (χ4v) is 3.42. The van der Waals surface area contributed by atoms with Crippen LogP contribution in [0.3, 0.4) is 0 Å². The largest absolute Gasteiger partial charge is 0.494 e. The van der Waals surface area contributed by atoms with Crippen LogP contribution in [-0.2, 0) is 4.79 Å². The molecule has 0 heterocycles. The Bertz CT molecular complexity index is 1120. The molecule has 6 nitrogen and oxygen atoms in total. The van der Waals surface area contributed by atoms with Crippen molar-refractivity contribution in [2.24, 2.45) is 0 Å². The van der Waals surface area contributed by atoms with Crippen LogP contribution in [0.5, 0.6) is 5.75 Å². The second kappa shape index (κ2) is 11.8. The van der Waals surface area contributed by atoms with Crippen molar-refractivity contribution in [1.29, 1.82) is 0 Å². The number of benzene rings is 3.